The Kier molecular flexibility index (Phi) is 4.76. The van der Waals surface area contributed by atoms with E-state index < -0.39 is 5.41 Å². The van der Waals surface area contributed by atoms with Gasteiger partial charge >= 0.3 is 0 Å². The van der Waals surface area contributed by atoms with Crippen molar-refractivity contribution in [3.8, 4) is 0 Å². The maximum atomic E-state index is 13.2. The maximum absolute atomic E-state index is 13.2. The van der Waals surface area contributed by atoms with Crippen LogP contribution in [0, 0.1) is 19.7 Å². The molecule has 2 rings (SSSR count). The summed E-state index contributed by atoms with van der Waals surface area (Å²) in [7, 11) is 0. The van der Waals surface area contributed by atoms with Crippen molar-refractivity contribution in [2.24, 2.45) is 0 Å². The van der Waals surface area contributed by atoms with Crippen LogP contribution in [-0.4, -0.2) is 23.4 Å². The summed E-state index contributed by atoms with van der Waals surface area (Å²) >= 11 is 0. The molecule has 2 N–H and O–H groups in total. The lowest BCUT2D eigenvalue weighted by Gasteiger charge is -2.32. The first-order valence-corrected chi connectivity index (χ1v) is 7.05. The van der Waals surface area contributed by atoms with Gasteiger partial charge in [-0.15, -0.1) is 0 Å². The molecule has 21 heavy (non-hydrogen) atoms. The first-order valence-electron chi connectivity index (χ1n) is 7.05. The normalized spacial score (nSPS) is 11.7. The highest BCUT2D eigenvalue weighted by Gasteiger charge is 2.33. The summed E-state index contributed by atoms with van der Waals surface area (Å²) in [6, 6.07) is 12.4. The molecule has 0 aliphatic heterocycles. The van der Waals surface area contributed by atoms with E-state index >= 15 is 0 Å². The molecule has 0 bridgehead atoms. The van der Waals surface area contributed by atoms with E-state index in [1.165, 1.54) is 12.1 Å². The molecule has 0 aliphatic carbocycles. The van der Waals surface area contributed by atoms with E-state index in [9.17, 15) is 14.6 Å². The number of hydrogen-bond acceptors (Lipinski definition) is 2. The van der Waals surface area contributed by atoms with Crippen LogP contribution in [0.5, 0.6) is 0 Å². The summed E-state index contributed by atoms with van der Waals surface area (Å²) in [6.45, 7) is 3.49. The summed E-state index contributed by atoms with van der Waals surface area (Å²) in [5.74, 6) is -0.272. The second-order valence-corrected chi connectivity index (χ2v) is 5.66. The number of aliphatic hydroxyl groups is 2. The van der Waals surface area contributed by atoms with Gasteiger partial charge in [0.25, 0.3) is 0 Å². The summed E-state index contributed by atoms with van der Waals surface area (Å²) in [5.41, 5.74) is 2.96. The van der Waals surface area contributed by atoms with Gasteiger partial charge in [0, 0.05) is 5.41 Å². The highest BCUT2D eigenvalue weighted by Crippen LogP contribution is 2.31. The van der Waals surface area contributed by atoms with Crippen LogP contribution in [0.25, 0.3) is 0 Å². The van der Waals surface area contributed by atoms with E-state index in [0.717, 1.165) is 22.3 Å². The summed E-state index contributed by atoms with van der Waals surface area (Å²) < 4.78 is 13.2. The highest BCUT2D eigenvalue weighted by molar-refractivity contribution is 5.38. The van der Waals surface area contributed by atoms with Crippen LogP contribution in [0.3, 0.4) is 0 Å². The van der Waals surface area contributed by atoms with Gasteiger partial charge in [-0.2, -0.15) is 0 Å². The SMILES string of the molecule is Cc1cc(F)ccc1CC(CO)(CO)c1ccccc1C. The number of aliphatic hydroxyl groups excluding tert-OH is 2. The summed E-state index contributed by atoms with van der Waals surface area (Å²) in [6.07, 6.45) is 0.469. The minimum absolute atomic E-state index is 0.162. The van der Waals surface area contributed by atoms with E-state index in [-0.39, 0.29) is 19.0 Å². The molecule has 0 aromatic heterocycles. The van der Waals surface area contributed by atoms with Crippen molar-refractivity contribution in [1.82, 2.24) is 0 Å². The molecule has 0 spiro atoms. The van der Waals surface area contributed by atoms with Gasteiger partial charge in [-0.05, 0) is 54.7 Å². The van der Waals surface area contributed by atoms with Crippen molar-refractivity contribution in [3.05, 3.63) is 70.5 Å². The third-order valence-corrected chi connectivity index (χ3v) is 4.16. The van der Waals surface area contributed by atoms with E-state index in [4.69, 9.17) is 0 Å². The number of rotatable bonds is 5. The number of hydrogen-bond donors (Lipinski definition) is 2. The second kappa shape index (κ2) is 6.37. The molecule has 112 valence electrons. The molecule has 2 aromatic carbocycles. The minimum Gasteiger partial charge on any atom is -0.395 e. The average molecular weight is 288 g/mol. The van der Waals surface area contributed by atoms with Crippen LogP contribution >= 0.6 is 0 Å². The fourth-order valence-electron chi connectivity index (χ4n) is 2.82. The summed E-state index contributed by atoms with van der Waals surface area (Å²) in [5, 5.41) is 19.9. The smallest absolute Gasteiger partial charge is 0.123 e. The van der Waals surface area contributed by atoms with Gasteiger partial charge in [-0.1, -0.05) is 30.3 Å². The monoisotopic (exact) mass is 288 g/mol. The highest BCUT2D eigenvalue weighted by atomic mass is 19.1. The molecular formula is C18H21FO2. The third kappa shape index (κ3) is 3.14. The summed E-state index contributed by atoms with van der Waals surface area (Å²) in [4.78, 5) is 0. The largest absolute Gasteiger partial charge is 0.395 e. The second-order valence-electron chi connectivity index (χ2n) is 5.66. The zero-order chi connectivity index (χ0) is 15.5. The van der Waals surface area contributed by atoms with Gasteiger partial charge in [0.05, 0.1) is 13.2 Å². The minimum atomic E-state index is -0.756. The molecule has 2 aromatic rings. The Balaban J connectivity index is 2.46. The van der Waals surface area contributed by atoms with Crippen LogP contribution in [0.15, 0.2) is 42.5 Å². The topological polar surface area (TPSA) is 40.5 Å². The van der Waals surface area contributed by atoms with Crippen molar-refractivity contribution in [2.45, 2.75) is 25.7 Å². The van der Waals surface area contributed by atoms with Crippen molar-refractivity contribution in [1.29, 1.82) is 0 Å². The van der Waals surface area contributed by atoms with Crippen LogP contribution in [0.4, 0.5) is 4.39 Å². The maximum Gasteiger partial charge on any atom is 0.123 e. The average Bonchev–Trinajstić information content (AvgIpc) is 2.48. The predicted octanol–water partition coefficient (Wildman–Crippen LogP) is 2.91. The van der Waals surface area contributed by atoms with Crippen LogP contribution < -0.4 is 0 Å². The lowest BCUT2D eigenvalue weighted by Crippen LogP contribution is -2.38. The van der Waals surface area contributed by atoms with Gasteiger partial charge in [-0.3, -0.25) is 0 Å². The molecule has 0 saturated carbocycles. The van der Waals surface area contributed by atoms with Gasteiger partial charge in [0.2, 0.25) is 0 Å². The van der Waals surface area contributed by atoms with Crippen molar-refractivity contribution >= 4 is 0 Å². The number of aryl methyl sites for hydroxylation is 2. The standard InChI is InChI=1S/C18H21FO2/c1-13-5-3-4-6-17(13)18(11-20,12-21)10-15-7-8-16(19)9-14(15)2/h3-9,20-21H,10-12H2,1-2H3. The first kappa shape index (κ1) is 15.7. The number of benzene rings is 2. The van der Waals surface area contributed by atoms with Crippen molar-refractivity contribution in [2.75, 3.05) is 13.2 Å². The lowest BCUT2D eigenvalue weighted by molar-refractivity contribution is 0.115. The van der Waals surface area contributed by atoms with E-state index in [2.05, 4.69) is 0 Å². The molecule has 3 heteroatoms. The molecule has 0 saturated heterocycles. The molecule has 0 amide bonds. The zero-order valence-electron chi connectivity index (χ0n) is 12.4. The van der Waals surface area contributed by atoms with E-state index in [1.807, 2.05) is 38.1 Å². The molecule has 0 radical (unpaired) electrons. The first-order chi connectivity index (χ1) is 10.0. The zero-order valence-corrected chi connectivity index (χ0v) is 12.4. The molecule has 0 heterocycles. The van der Waals surface area contributed by atoms with Gasteiger partial charge in [0.15, 0.2) is 0 Å². The van der Waals surface area contributed by atoms with Crippen LogP contribution in [-0.2, 0) is 11.8 Å². The molecule has 2 nitrogen and oxygen atoms in total. The van der Waals surface area contributed by atoms with Crippen LogP contribution in [0.2, 0.25) is 0 Å². The molecule has 0 aliphatic rings. The van der Waals surface area contributed by atoms with Gasteiger partial charge in [0.1, 0.15) is 5.82 Å². The lowest BCUT2D eigenvalue weighted by atomic mass is 9.74. The Morgan fingerprint density at radius 1 is 0.952 bits per heavy atom. The Morgan fingerprint density at radius 3 is 2.19 bits per heavy atom. The van der Waals surface area contributed by atoms with Crippen molar-refractivity contribution < 1.29 is 14.6 Å². The number of halogens is 1. The fourth-order valence-corrected chi connectivity index (χ4v) is 2.82. The molecule has 0 atom stereocenters. The van der Waals surface area contributed by atoms with Gasteiger partial charge in [-0.25, -0.2) is 4.39 Å². The Hall–Kier alpha value is -1.71. The predicted molar refractivity (Wildman–Crippen MR) is 81.9 cm³/mol. The Labute approximate surface area is 124 Å². The Bertz CT molecular complexity index is 618. The van der Waals surface area contributed by atoms with Gasteiger partial charge < -0.3 is 10.2 Å². The van der Waals surface area contributed by atoms with E-state index in [0.29, 0.717) is 6.42 Å². The Morgan fingerprint density at radius 2 is 1.62 bits per heavy atom. The molecular weight excluding hydrogens is 267 g/mol. The molecule has 0 fully saturated rings. The van der Waals surface area contributed by atoms with E-state index in [1.54, 1.807) is 6.07 Å². The van der Waals surface area contributed by atoms with Crippen LogP contribution in [0.1, 0.15) is 22.3 Å². The fraction of sp³-hybridized carbons (Fsp3) is 0.333. The third-order valence-electron chi connectivity index (χ3n) is 4.16. The van der Waals surface area contributed by atoms with Crippen molar-refractivity contribution in [3.63, 3.8) is 0 Å². The quantitative estimate of drug-likeness (QED) is 0.888. The molecule has 0 unspecified atom stereocenters.